The second-order valence-electron chi connectivity index (χ2n) is 4.06. The molecular weight excluding hydrogens is 242 g/mol. The predicted octanol–water partition coefficient (Wildman–Crippen LogP) is 2.99. The van der Waals surface area contributed by atoms with Crippen LogP contribution < -0.4 is 5.32 Å². The summed E-state index contributed by atoms with van der Waals surface area (Å²) in [5.74, 6) is 0.658. The molecule has 0 saturated heterocycles. The lowest BCUT2D eigenvalue weighted by Crippen LogP contribution is -2.23. The van der Waals surface area contributed by atoms with E-state index in [-0.39, 0.29) is 5.91 Å². The molecule has 2 rings (SSSR count). The standard InChI is InChI=1S/C12H16ClNOS/c13-6-3-7-14-12(15)11-8-9-4-1-2-5-10(9)16-11/h8H,1-7H2,(H,14,15). The monoisotopic (exact) mass is 257 g/mol. The summed E-state index contributed by atoms with van der Waals surface area (Å²) >= 11 is 7.22. The Hall–Kier alpha value is -0.540. The largest absolute Gasteiger partial charge is 0.351 e. The van der Waals surface area contributed by atoms with Gasteiger partial charge in [-0.2, -0.15) is 0 Å². The molecule has 1 N–H and O–H groups in total. The van der Waals surface area contributed by atoms with Gasteiger partial charge in [-0.05, 0) is 43.7 Å². The summed E-state index contributed by atoms with van der Waals surface area (Å²) in [7, 11) is 0. The molecule has 16 heavy (non-hydrogen) atoms. The Bertz CT molecular complexity index is 352. The van der Waals surface area contributed by atoms with Gasteiger partial charge in [0.15, 0.2) is 0 Å². The molecule has 0 radical (unpaired) electrons. The van der Waals surface area contributed by atoms with Crippen LogP contribution in [0.3, 0.4) is 0 Å². The summed E-state index contributed by atoms with van der Waals surface area (Å²) in [6.45, 7) is 0.672. The van der Waals surface area contributed by atoms with Crippen molar-refractivity contribution in [3.63, 3.8) is 0 Å². The molecule has 1 aromatic heterocycles. The number of thiophene rings is 1. The smallest absolute Gasteiger partial charge is 0.261 e. The van der Waals surface area contributed by atoms with Gasteiger partial charge in [-0.1, -0.05) is 0 Å². The number of hydrogen-bond donors (Lipinski definition) is 1. The highest BCUT2D eigenvalue weighted by molar-refractivity contribution is 7.14. The average molecular weight is 258 g/mol. The second-order valence-corrected chi connectivity index (χ2v) is 5.58. The predicted molar refractivity (Wildman–Crippen MR) is 68.6 cm³/mol. The number of hydrogen-bond acceptors (Lipinski definition) is 2. The maximum absolute atomic E-state index is 11.8. The third-order valence-corrected chi connectivity index (χ3v) is 4.32. The van der Waals surface area contributed by atoms with Crippen molar-refractivity contribution in [1.82, 2.24) is 5.32 Å². The lowest BCUT2D eigenvalue weighted by molar-refractivity contribution is 0.0958. The van der Waals surface area contributed by atoms with Crippen molar-refractivity contribution in [3.05, 3.63) is 21.4 Å². The van der Waals surface area contributed by atoms with Crippen LogP contribution >= 0.6 is 22.9 Å². The third-order valence-electron chi connectivity index (χ3n) is 2.82. The molecule has 1 heterocycles. The van der Waals surface area contributed by atoms with Crippen molar-refractivity contribution in [2.75, 3.05) is 12.4 Å². The van der Waals surface area contributed by atoms with E-state index in [1.807, 2.05) is 0 Å². The number of alkyl halides is 1. The molecule has 0 bridgehead atoms. The van der Waals surface area contributed by atoms with Crippen LogP contribution in [0.1, 0.15) is 39.4 Å². The molecule has 2 nitrogen and oxygen atoms in total. The first kappa shape index (κ1) is 11.9. The molecule has 0 aromatic carbocycles. The van der Waals surface area contributed by atoms with Crippen molar-refractivity contribution in [3.8, 4) is 0 Å². The summed E-state index contributed by atoms with van der Waals surface area (Å²) in [4.78, 5) is 14.1. The Morgan fingerprint density at radius 1 is 1.44 bits per heavy atom. The fourth-order valence-corrected chi connectivity index (χ4v) is 3.26. The minimum Gasteiger partial charge on any atom is -0.351 e. The molecule has 0 spiro atoms. The summed E-state index contributed by atoms with van der Waals surface area (Å²) in [6, 6.07) is 2.06. The van der Waals surface area contributed by atoms with Crippen molar-refractivity contribution in [2.24, 2.45) is 0 Å². The zero-order valence-corrected chi connectivity index (χ0v) is 10.8. The molecule has 4 heteroatoms. The number of nitrogens with one attached hydrogen (secondary N) is 1. The lowest BCUT2D eigenvalue weighted by atomic mass is 9.99. The first-order valence-electron chi connectivity index (χ1n) is 5.77. The SMILES string of the molecule is O=C(NCCCCl)c1cc2c(s1)CCCC2. The Morgan fingerprint density at radius 3 is 3.00 bits per heavy atom. The van der Waals surface area contributed by atoms with Gasteiger partial charge in [0.25, 0.3) is 5.91 Å². The van der Waals surface area contributed by atoms with Gasteiger partial charge in [-0.15, -0.1) is 22.9 Å². The Morgan fingerprint density at radius 2 is 2.25 bits per heavy atom. The van der Waals surface area contributed by atoms with E-state index in [4.69, 9.17) is 11.6 Å². The average Bonchev–Trinajstić information content (AvgIpc) is 2.73. The lowest BCUT2D eigenvalue weighted by Gasteiger charge is -2.08. The Kier molecular flexibility index (Phi) is 4.24. The van der Waals surface area contributed by atoms with Crippen LogP contribution in [-0.2, 0) is 12.8 Å². The van der Waals surface area contributed by atoms with Crippen LogP contribution in [0.2, 0.25) is 0 Å². The van der Waals surface area contributed by atoms with Gasteiger partial charge >= 0.3 is 0 Å². The summed E-state index contributed by atoms with van der Waals surface area (Å²) in [6.07, 6.45) is 5.64. The Balaban J connectivity index is 1.98. The number of aryl methyl sites for hydroxylation is 2. The molecule has 0 atom stereocenters. The highest BCUT2D eigenvalue weighted by atomic mass is 35.5. The van der Waals surface area contributed by atoms with Gasteiger partial charge in [0.1, 0.15) is 0 Å². The minimum atomic E-state index is 0.0597. The fourth-order valence-electron chi connectivity index (χ4n) is 1.96. The number of amides is 1. The number of halogens is 1. The first-order chi connectivity index (χ1) is 7.81. The highest BCUT2D eigenvalue weighted by Crippen LogP contribution is 2.29. The molecule has 0 unspecified atom stereocenters. The van der Waals surface area contributed by atoms with Crippen molar-refractivity contribution >= 4 is 28.8 Å². The van der Waals surface area contributed by atoms with Gasteiger partial charge in [-0.25, -0.2) is 0 Å². The molecule has 1 aromatic rings. The molecule has 88 valence electrons. The molecular formula is C12H16ClNOS. The van der Waals surface area contributed by atoms with E-state index in [2.05, 4.69) is 11.4 Å². The number of fused-ring (bicyclic) bond motifs is 1. The first-order valence-corrected chi connectivity index (χ1v) is 7.12. The maximum Gasteiger partial charge on any atom is 0.261 e. The zero-order valence-electron chi connectivity index (χ0n) is 9.22. The van der Waals surface area contributed by atoms with E-state index in [9.17, 15) is 4.79 Å². The number of rotatable bonds is 4. The third kappa shape index (κ3) is 2.77. The summed E-state index contributed by atoms with van der Waals surface area (Å²) in [5.41, 5.74) is 1.39. The van der Waals surface area contributed by atoms with E-state index >= 15 is 0 Å². The van der Waals surface area contributed by atoms with Gasteiger partial charge in [0, 0.05) is 17.3 Å². The van der Waals surface area contributed by atoms with Crippen LogP contribution in [0, 0.1) is 0 Å². The van der Waals surface area contributed by atoms with E-state index in [1.54, 1.807) is 11.3 Å². The minimum absolute atomic E-state index is 0.0597. The van der Waals surface area contributed by atoms with Crippen molar-refractivity contribution in [2.45, 2.75) is 32.1 Å². The molecule has 0 fully saturated rings. The van der Waals surface area contributed by atoms with E-state index < -0.39 is 0 Å². The van der Waals surface area contributed by atoms with Gasteiger partial charge in [-0.3, -0.25) is 4.79 Å². The highest BCUT2D eigenvalue weighted by Gasteiger charge is 2.16. The van der Waals surface area contributed by atoms with Crippen molar-refractivity contribution in [1.29, 1.82) is 0 Å². The Labute approximate surface area is 105 Å². The van der Waals surface area contributed by atoms with Crippen LogP contribution in [0.4, 0.5) is 0 Å². The molecule has 1 aliphatic carbocycles. The van der Waals surface area contributed by atoms with Gasteiger partial charge in [0.05, 0.1) is 4.88 Å². The van der Waals surface area contributed by atoms with Gasteiger partial charge in [0.2, 0.25) is 0 Å². The fraction of sp³-hybridized carbons (Fsp3) is 0.583. The van der Waals surface area contributed by atoms with E-state index in [0.29, 0.717) is 12.4 Å². The summed E-state index contributed by atoms with van der Waals surface area (Å²) in [5, 5.41) is 2.90. The van der Waals surface area contributed by atoms with Crippen molar-refractivity contribution < 1.29 is 4.79 Å². The maximum atomic E-state index is 11.8. The normalized spacial score (nSPS) is 14.6. The topological polar surface area (TPSA) is 29.1 Å². The second kappa shape index (κ2) is 5.69. The molecule has 0 saturated carbocycles. The van der Waals surface area contributed by atoms with Crippen LogP contribution in [0.5, 0.6) is 0 Å². The van der Waals surface area contributed by atoms with Crippen LogP contribution in [0.15, 0.2) is 6.07 Å². The molecule has 0 aliphatic heterocycles. The molecule has 1 amide bonds. The van der Waals surface area contributed by atoms with Crippen LogP contribution in [-0.4, -0.2) is 18.3 Å². The quantitative estimate of drug-likeness (QED) is 0.652. The van der Waals surface area contributed by atoms with E-state index in [1.165, 1.54) is 23.3 Å². The number of carbonyl (C=O) groups is 1. The zero-order chi connectivity index (χ0) is 11.4. The molecule has 1 aliphatic rings. The summed E-state index contributed by atoms with van der Waals surface area (Å²) < 4.78 is 0. The van der Waals surface area contributed by atoms with E-state index in [0.717, 1.165) is 24.1 Å². The van der Waals surface area contributed by atoms with Gasteiger partial charge < -0.3 is 5.32 Å². The number of carbonyl (C=O) groups excluding carboxylic acids is 1. The van der Waals surface area contributed by atoms with Crippen LogP contribution in [0.25, 0.3) is 0 Å².